The molecule has 0 atom stereocenters. The van der Waals surface area contributed by atoms with Gasteiger partial charge >= 0.3 is 6.03 Å². The summed E-state index contributed by atoms with van der Waals surface area (Å²) >= 11 is 1.38. The van der Waals surface area contributed by atoms with Gasteiger partial charge < -0.3 is 19.6 Å². The van der Waals surface area contributed by atoms with Crippen LogP contribution in [0.4, 0.5) is 21.7 Å². The van der Waals surface area contributed by atoms with Crippen molar-refractivity contribution >= 4 is 39.9 Å². The number of urea groups is 1. The average molecular weight is 633 g/mol. The molecule has 12 heteroatoms. The van der Waals surface area contributed by atoms with Gasteiger partial charge in [-0.15, -0.1) is 0 Å². The molecule has 2 saturated heterocycles. The number of anilines is 3. The summed E-state index contributed by atoms with van der Waals surface area (Å²) in [6, 6.07) is 14.6. The molecule has 11 nitrogen and oxygen atoms in total. The molecule has 0 saturated carbocycles. The van der Waals surface area contributed by atoms with Crippen molar-refractivity contribution in [2.75, 3.05) is 56.1 Å². The molecule has 0 radical (unpaired) electrons. The van der Waals surface area contributed by atoms with E-state index in [1.807, 2.05) is 77.5 Å². The zero-order chi connectivity index (χ0) is 31.8. The third-order valence-corrected chi connectivity index (χ3v) is 9.86. The van der Waals surface area contributed by atoms with Crippen molar-refractivity contribution in [2.24, 2.45) is 0 Å². The van der Waals surface area contributed by atoms with E-state index in [1.54, 1.807) is 0 Å². The van der Waals surface area contributed by atoms with Gasteiger partial charge in [-0.05, 0) is 38.3 Å². The van der Waals surface area contributed by atoms with Gasteiger partial charge in [0.2, 0.25) is 5.95 Å². The van der Waals surface area contributed by atoms with Gasteiger partial charge in [-0.25, -0.2) is 24.7 Å². The highest BCUT2D eigenvalue weighted by atomic mass is 32.1. The summed E-state index contributed by atoms with van der Waals surface area (Å²) in [6.07, 6.45) is 8.73. The minimum atomic E-state index is 0.159. The molecule has 2 aliphatic rings. The largest absolute Gasteiger partial charge is 0.337 e. The topological polar surface area (TPSA) is 110 Å². The molecule has 2 amide bonds. The molecule has 2 aliphatic heterocycles. The lowest BCUT2D eigenvalue weighted by Crippen LogP contribution is -2.52. The Balaban J connectivity index is 1.12. The van der Waals surface area contributed by atoms with E-state index < -0.39 is 0 Å². The van der Waals surface area contributed by atoms with Crippen LogP contribution < -0.4 is 9.80 Å². The van der Waals surface area contributed by atoms with Crippen molar-refractivity contribution in [2.45, 2.75) is 33.1 Å². The fraction of sp³-hybridized carbons (Fsp3) is 0.353. The highest BCUT2D eigenvalue weighted by molar-refractivity contribution is 7.16. The Hall–Kier alpha value is -5.02. The van der Waals surface area contributed by atoms with Crippen LogP contribution >= 0.6 is 11.3 Å². The van der Waals surface area contributed by atoms with Gasteiger partial charge in [0, 0.05) is 81.6 Å². The van der Waals surface area contributed by atoms with Crippen LogP contribution in [0.3, 0.4) is 0 Å². The molecule has 5 aromatic rings. The third-order valence-electron chi connectivity index (χ3n) is 8.83. The van der Waals surface area contributed by atoms with Gasteiger partial charge in [0.1, 0.15) is 28.1 Å². The minimum absolute atomic E-state index is 0.159. The van der Waals surface area contributed by atoms with E-state index in [9.17, 15) is 10.1 Å². The van der Waals surface area contributed by atoms with E-state index in [2.05, 4.69) is 28.5 Å². The third kappa shape index (κ3) is 5.51. The van der Waals surface area contributed by atoms with Crippen LogP contribution in [0.1, 0.15) is 35.9 Å². The lowest BCUT2D eigenvalue weighted by Gasteiger charge is -2.36. The molecule has 6 heterocycles. The predicted octanol–water partition coefficient (Wildman–Crippen LogP) is 5.76. The van der Waals surface area contributed by atoms with Gasteiger partial charge in [0.15, 0.2) is 5.13 Å². The SMILES string of the molecule is CCc1nc2ccc(-c3cnc(N4CCN(C(=O)N5CCCC5)CC4)nc3)cn2c1N(C)c1nc(-c2ccc(C)cc2)c(C#N)s1. The summed E-state index contributed by atoms with van der Waals surface area (Å²) in [5, 5.41) is 10.7. The van der Waals surface area contributed by atoms with Crippen LogP contribution in [0.2, 0.25) is 0 Å². The molecule has 1 aromatic carbocycles. The Kier molecular flexibility index (Phi) is 8.00. The van der Waals surface area contributed by atoms with Crippen molar-refractivity contribution < 1.29 is 4.79 Å². The first-order valence-electron chi connectivity index (χ1n) is 15.8. The zero-order valence-electron chi connectivity index (χ0n) is 26.3. The van der Waals surface area contributed by atoms with Crippen molar-refractivity contribution in [1.29, 1.82) is 5.26 Å². The van der Waals surface area contributed by atoms with Crippen molar-refractivity contribution in [3.05, 3.63) is 71.1 Å². The number of thiazole rings is 1. The number of benzene rings is 1. The van der Waals surface area contributed by atoms with E-state index in [0.717, 1.165) is 76.9 Å². The maximum atomic E-state index is 12.8. The van der Waals surface area contributed by atoms with E-state index >= 15 is 0 Å². The molecule has 7 rings (SSSR count). The van der Waals surface area contributed by atoms with Gasteiger partial charge in [0.25, 0.3) is 0 Å². The molecule has 4 aromatic heterocycles. The molecule has 0 unspecified atom stereocenters. The lowest BCUT2D eigenvalue weighted by atomic mass is 10.1. The van der Waals surface area contributed by atoms with Crippen LogP contribution in [-0.4, -0.2) is 86.5 Å². The number of hydrogen-bond acceptors (Lipinski definition) is 9. The number of carbonyl (C=O) groups is 1. The Morgan fingerprint density at radius 2 is 1.59 bits per heavy atom. The zero-order valence-corrected chi connectivity index (χ0v) is 27.2. The Morgan fingerprint density at radius 3 is 2.26 bits per heavy atom. The van der Waals surface area contributed by atoms with Gasteiger partial charge in [-0.1, -0.05) is 48.1 Å². The Labute approximate surface area is 272 Å². The molecule has 0 spiro atoms. The number of pyridine rings is 1. The number of nitrogens with zero attached hydrogens (tertiary/aromatic N) is 10. The molecule has 234 valence electrons. The fourth-order valence-electron chi connectivity index (χ4n) is 6.21. The summed E-state index contributed by atoms with van der Waals surface area (Å²) in [5.41, 5.74) is 6.42. The first kappa shape index (κ1) is 29.7. The minimum Gasteiger partial charge on any atom is -0.337 e. The molecular formula is C34H36N10OS. The number of nitriles is 1. The van der Waals surface area contributed by atoms with Gasteiger partial charge in [-0.2, -0.15) is 5.26 Å². The highest BCUT2D eigenvalue weighted by Gasteiger charge is 2.28. The number of imidazole rings is 1. The van der Waals surface area contributed by atoms with Gasteiger partial charge in [0.05, 0.1) is 5.69 Å². The number of likely N-dealkylation sites (tertiary alicyclic amines) is 1. The molecule has 0 N–H and O–H groups in total. The predicted molar refractivity (Wildman–Crippen MR) is 181 cm³/mol. The lowest BCUT2D eigenvalue weighted by molar-refractivity contribution is 0.159. The van der Waals surface area contributed by atoms with Crippen LogP contribution in [0.15, 0.2) is 55.0 Å². The fourth-order valence-corrected chi connectivity index (χ4v) is 7.06. The van der Waals surface area contributed by atoms with Crippen LogP contribution in [-0.2, 0) is 6.42 Å². The van der Waals surface area contributed by atoms with E-state index in [4.69, 9.17) is 19.9 Å². The molecule has 0 aliphatic carbocycles. The summed E-state index contributed by atoms with van der Waals surface area (Å²) in [4.78, 5) is 40.7. The molecule has 0 bridgehead atoms. The Bertz CT molecular complexity index is 1910. The van der Waals surface area contributed by atoms with Crippen molar-refractivity contribution in [1.82, 2.24) is 34.1 Å². The van der Waals surface area contributed by atoms with Crippen LogP contribution in [0.5, 0.6) is 0 Å². The van der Waals surface area contributed by atoms with Crippen LogP contribution in [0, 0.1) is 18.3 Å². The maximum absolute atomic E-state index is 12.8. The average Bonchev–Trinajstić information content (AvgIpc) is 3.87. The standard InChI is InChI=1S/C34H36N10OS/c1-4-27-31(40(3)33-39-30(28(19-35)46-33)24-9-7-23(2)8-10-24)44-22-25(11-12-29(44)38-27)26-20-36-32(37-21-26)41-15-17-43(18-16-41)34(45)42-13-5-6-14-42/h7-12,20-22H,4-6,13-18H2,1-3H3. The number of carbonyl (C=O) groups excluding carboxylic acids is 1. The summed E-state index contributed by atoms with van der Waals surface area (Å²) in [7, 11) is 1.98. The smallest absolute Gasteiger partial charge is 0.320 e. The number of hydrogen-bond donors (Lipinski definition) is 0. The summed E-state index contributed by atoms with van der Waals surface area (Å²) in [5.74, 6) is 1.59. The van der Waals surface area contributed by atoms with Gasteiger partial charge in [-0.3, -0.25) is 4.40 Å². The van der Waals surface area contributed by atoms with Crippen molar-refractivity contribution in [3.8, 4) is 28.5 Å². The van der Waals surface area contributed by atoms with E-state index in [1.165, 1.54) is 11.3 Å². The summed E-state index contributed by atoms with van der Waals surface area (Å²) in [6.45, 7) is 8.65. The van der Waals surface area contributed by atoms with E-state index in [0.29, 0.717) is 42.7 Å². The van der Waals surface area contributed by atoms with E-state index in [-0.39, 0.29) is 6.03 Å². The second kappa shape index (κ2) is 12.4. The quantitative estimate of drug-likeness (QED) is 0.232. The highest BCUT2D eigenvalue weighted by Crippen LogP contribution is 2.37. The number of fused-ring (bicyclic) bond motifs is 1. The number of amides is 2. The molecule has 2 fully saturated rings. The Morgan fingerprint density at radius 1 is 0.913 bits per heavy atom. The second-order valence-electron chi connectivity index (χ2n) is 11.8. The number of aryl methyl sites for hydroxylation is 2. The second-order valence-corrected chi connectivity index (χ2v) is 12.8. The van der Waals surface area contributed by atoms with Crippen LogP contribution in [0.25, 0.3) is 28.0 Å². The maximum Gasteiger partial charge on any atom is 0.320 e. The van der Waals surface area contributed by atoms with Crippen molar-refractivity contribution in [3.63, 3.8) is 0 Å². The first-order valence-corrected chi connectivity index (χ1v) is 16.6. The molecule has 46 heavy (non-hydrogen) atoms. The first-order chi connectivity index (χ1) is 22.4. The number of rotatable bonds is 6. The summed E-state index contributed by atoms with van der Waals surface area (Å²) < 4.78 is 2.08. The normalized spacial score (nSPS) is 15.0. The number of aromatic nitrogens is 5. The monoisotopic (exact) mass is 632 g/mol. The number of piperazine rings is 1. The molecular weight excluding hydrogens is 597 g/mol.